The highest BCUT2D eigenvalue weighted by Gasteiger charge is 2.13. The Balaban J connectivity index is 3.50. The molecule has 92 valence electrons. The number of hydrogen-bond donors (Lipinski definition) is 1. The standard InChI is InChI=1S/C13H30N2/c1-7-13(4,5)14-9-11-15(6)10-8-12(2)3/h12,14H,7-11H2,1-6H3. The predicted molar refractivity (Wildman–Crippen MR) is 69.3 cm³/mol. The second kappa shape index (κ2) is 7.24. The van der Waals surface area contributed by atoms with Crippen molar-refractivity contribution in [3.8, 4) is 0 Å². The van der Waals surface area contributed by atoms with E-state index in [4.69, 9.17) is 0 Å². The highest BCUT2D eigenvalue weighted by atomic mass is 15.1. The molecule has 0 aromatic rings. The van der Waals surface area contributed by atoms with E-state index in [0.717, 1.165) is 19.0 Å². The van der Waals surface area contributed by atoms with Gasteiger partial charge in [-0.05, 0) is 46.2 Å². The minimum atomic E-state index is 0.291. The molecule has 0 atom stereocenters. The van der Waals surface area contributed by atoms with Crippen LogP contribution in [0.2, 0.25) is 0 Å². The third-order valence-corrected chi connectivity index (χ3v) is 3.07. The Labute approximate surface area is 96.4 Å². The second-order valence-electron chi connectivity index (χ2n) is 5.65. The van der Waals surface area contributed by atoms with Gasteiger partial charge >= 0.3 is 0 Å². The second-order valence-corrected chi connectivity index (χ2v) is 5.65. The van der Waals surface area contributed by atoms with Crippen LogP contribution in [0.3, 0.4) is 0 Å². The lowest BCUT2D eigenvalue weighted by Crippen LogP contribution is -2.42. The van der Waals surface area contributed by atoms with E-state index in [1.54, 1.807) is 0 Å². The van der Waals surface area contributed by atoms with Crippen molar-refractivity contribution < 1.29 is 0 Å². The monoisotopic (exact) mass is 214 g/mol. The molecule has 0 aliphatic heterocycles. The van der Waals surface area contributed by atoms with Gasteiger partial charge in [-0.25, -0.2) is 0 Å². The summed E-state index contributed by atoms with van der Waals surface area (Å²) >= 11 is 0. The average molecular weight is 214 g/mol. The van der Waals surface area contributed by atoms with Gasteiger partial charge < -0.3 is 10.2 Å². The zero-order valence-corrected chi connectivity index (χ0v) is 11.6. The fourth-order valence-electron chi connectivity index (χ4n) is 1.30. The van der Waals surface area contributed by atoms with Gasteiger partial charge in [0.05, 0.1) is 0 Å². The predicted octanol–water partition coefficient (Wildman–Crippen LogP) is 2.74. The van der Waals surface area contributed by atoms with E-state index in [1.807, 2.05) is 0 Å². The largest absolute Gasteiger partial charge is 0.311 e. The Morgan fingerprint density at radius 1 is 1.20 bits per heavy atom. The Bertz CT molecular complexity index is 153. The van der Waals surface area contributed by atoms with Crippen molar-refractivity contribution in [3.05, 3.63) is 0 Å². The maximum Gasteiger partial charge on any atom is 0.0123 e. The summed E-state index contributed by atoms with van der Waals surface area (Å²) < 4.78 is 0. The summed E-state index contributed by atoms with van der Waals surface area (Å²) in [5, 5.41) is 3.59. The molecule has 0 fully saturated rings. The van der Waals surface area contributed by atoms with E-state index in [9.17, 15) is 0 Å². The highest BCUT2D eigenvalue weighted by molar-refractivity contribution is 4.75. The van der Waals surface area contributed by atoms with Crippen LogP contribution in [0.4, 0.5) is 0 Å². The topological polar surface area (TPSA) is 15.3 Å². The molecule has 0 saturated carbocycles. The molecule has 0 heterocycles. The van der Waals surface area contributed by atoms with Crippen molar-refractivity contribution in [2.75, 3.05) is 26.7 Å². The van der Waals surface area contributed by atoms with Gasteiger partial charge in [-0.15, -0.1) is 0 Å². The molecule has 0 unspecified atom stereocenters. The van der Waals surface area contributed by atoms with E-state index >= 15 is 0 Å². The molecule has 0 spiro atoms. The van der Waals surface area contributed by atoms with Crippen LogP contribution in [0.5, 0.6) is 0 Å². The zero-order chi connectivity index (χ0) is 11.9. The van der Waals surface area contributed by atoms with Crippen molar-refractivity contribution in [1.82, 2.24) is 10.2 Å². The van der Waals surface area contributed by atoms with Gasteiger partial charge in [0.1, 0.15) is 0 Å². The number of nitrogens with one attached hydrogen (secondary N) is 1. The first-order chi connectivity index (χ1) is 6.87. The summed E-state index contributed by atoms with van der Waals surface area (Å²) in [5.41, 5.74) is 0.291. The molecule has 15 heavy (non-hydrogen) atoms. The maximum atomic E-state index is 3.59. The number of nitrogens with zero attached hydrogens (tertiary/aromatic N) is 1. The SMILES string of the molecule is CCC(C)(C)NCCN(C)CCC(C)C. The van der Waals surface area contributed by atoms with Crippen LogP contribution in [0.15, 0.2) is 0 Å². The van der Waals surface area contributed by atoms with Crippen molar-refractivity contribution in [3.63, 3.8) is 0 Å². The fourth-order valence-corrected chi connectivity index (χ4v) is 1.30. The minimum Gasteiger partial charge on any atom is -0.311 e. The molecule has 0 radical (unpaired) electrons. The molecule has 2 nitrogen and oxygen atoms in total. The summed E-state index contributed by atoms with van der Waals surface area (Å²) in [5.74, 6) is 0.812. The summed E-state index contributed by atoms with van der Waals surface area (Å²) in [6.45, 7) is 14.8. The van der Waals surface area contributed by atoms with Crippen LogP contribution in [-0.4, -0.2) is 37.1 Å². The van der Waals surface area contributed by atoms with Crippen LogP contribution in [0.25, 0.3) is 0 Å². The smallest absolute Gasteiger partial charge is 0.0123 e. The van der Waals surface area contributed by atoms with Crippen LogP contribution in [0.1, 0.15) is 47.5 Å². The molecule has 0 aromatic heterocycles. The van der Waals surface area contributed by atoms with E-state index in [0.29, 0.717) is 5.54 Å². The molecule has 2 heteroatoms. The fraction of sp³-hybridized carbons (Fsp3) is 1.00. The van der Waals surface area contributed by atoms with Crippen LogP contribution < -0.4 is 5.32 Å². The average Bonchev–Trinajstić information content (AvgIpc) is 2.14. The van der Waals surface area contributed by atoms with E-state index in [-0.39, 0.29) is 0 Å². The van der Waals surface area contributed by atoms with Gasteiger partial charge in [-0.2, -0.15) is 0 Å². The number of likely N-dealkylation sites (N-methyl/N-ethyl adjacent to an activating group) is 1. The molecule has 0 saturated heterocycles. The molecule has 0 aliphatic rings. The minimum absolute atomic E-state index is 0.291. The molecular formula is C13H30N2. The lowest BCUT2D eigenvalue weighted by molar-refractivity contribution is 0.285. The first-order valence-electron chi connectivity index (χ1n) is 6.31. The molecule has 0 amide bonds. The summed E-state index contributed by atoms with van der Waals surface area (Å²) in [6.07, 6.45) is 2.48. The van der Waals surface area contributed by atoms with Crippen molar-refractivity contribution in [2.45, 2.75) is 53.0 Å². The molecule has 0 rings (SSSR count). The van der Waals surface area contributed by atoms with Crippen molar-refractivity contribution in [1.29, 1.82) is 0 Å². The normalized spacial score (nSPS) is 12.8. The molecule has 0 aromatic carbocycles. The van der Waals surface area contributed by atoms with E-state index < -0.39 is 0 Å². The van der Waals surface area contributed by atoms with E-state index in [2.05, 4.69) is 51.9 Å². The van der Waals surface area contributed by atoms with Crippen LogP contribution >= 0.6 is 0 Å². The van der Waals surface area contributed by atoms with Gasteiger partial charge in [0.25, 0.3) is 0 Å². The number of hydrogen-bond acceptors (Lipinski definition) is 2. The molecule has 0 aliphatic carbocycles. The van der Waals surface area contributed by atoms with Crippen molar-refractivity contribution in [2.24, 2.45) is 5.92 Å². The Hall–Kier alpha value is -0.0800. The van der Waals surface area contributed by atoms with Crippen LogP contribution in [-0.2, 0) is 0 Å². The maximum absolute atomic E-state index is 3.59. The van der Waals surface area contributed by atoms with Gasteiger partial charge in [-0.1, -0.05) is 20.8 Å². The number of rotatable bonds is 8. The third-order valence-electron chi connectivity index (χ3n) is 3.07. The Morgan fingerprint density at radius 3 is 2.27 bits per heavy atom. The first kappa shape index (κ1) is 14.9. The van der Waals surface area contributed by atoms with Gasteiger partial charge in [0.15, 0.2) is 0 Å². The molecule has 1 N–H and O–H groups in total. The van der Waals surface area contributed by atoms with Gasteiger partial charge in [-0.3, -0.25) is 0 Å². The Morgan fingerprint density at radius 2 is 1.80 bits per heavy atom. The van der Waals surface area contributed by atoms with Gasteiger partial charge in [0, 0.05) is 18.6 Å². The zero-order valence-electron chi connectivity index (χ0n) is 11.6. The van der Waals surface area contributed by atoms with Crippen molar-refractivity contribution >= 4 is 0 Å². The lowest BCUT2D eigenvalue weighted by Gasteiger charge is -2.26. The molecular weight excluding hydrogens is 184 g/mol. The third kappa shape index (κ3) is 8.88. The molecule has 0 bridgehead atoms. The summed E-state index contributed by atoms with van der Waals surface area (Å²) in [7, 11) is 2.21. The van der Waals surface area contributed by atoms with Crippen LogP contribution in [0, 0.1) is 5.92 Å². The lowest BCUT2D eigenvalue weighted by atomic mass is 10.0. The quantitative estimate of drug-likeness (QED) is 0.668. The summed E-state index contributed by atoms with van der Waals surface area (Å²) in [6, 6.07) is 0. The van der Waals surface area contributed by atoms with Gasteiger partial charge in [0.2, 0.25) is 0 Å². The summed E-state index contributed by atoms with van der Waals surface area (Å²) in [4.78, 5) is 2.42. The Kier molecular flexibility index (Phi) is 7.20. The van der Waals surface area contributed by atoms with E-state index in [1.165, 1.54) is 19.4 Å². The highest BCUT2D eigenvalue weighted by Crippen LogP contribution is 2.06. The first-order valence-corrected chi connectivity index (χ1v) is 6.31.